The number of hydrogen-bond donors (Lipinski definition) is 2. The Kier molecular flexibility index (Phi) is 6.89. The summed E-state index contributed by atoms with van der Waals surface area (Å²) >= 11 is 1.26. The van der Waals surface area contributed by atoms with Crippen molar-refractivity contribution in [3.05, 3.63) is 72.6 Å². The Morgan fingerprint density at radius 3 is 2.52 bits per heavy atom. The fraction of sp³-hybridized carbons (Fsp3) is 0.167. The van der Waals surface area contributed by atoms with E-state index in [1.54, 1.807) is 30.9 Å². The average molecular weight is 462 g/mol. The summed E-state index contributed by atoms with van der Waals surface area (Å²) in [6.07, 6.45) is 0.0470. The van der Waals surface area contributed by atoms with Crippen LogP contribution in [0.2, 0.25) is 0 Å². The number of carbonyl (C=O) groups excluding carboxylic acids is 2. The van der Waals surface area contributed by atoms with E-state index in [0.29, 0.717) is 22.4 Å². The highest BCUT2D eigenvalue weighted by molar-refractivity contribution is 7.99. The summed E-state index contributed by atoms with van der Waals surface area (Å²) in [6, 6.07) is 21.0. The van der Waals surface area contributed by atoms with Crippen molar-refractivity contribution in [2.75, 3.05) is 23.5 Å². The Bertz CT molecular complexity index is 1300. The van der Waals surface area contributed by atoms with Crippen LogP contribution in [0.5, 0.6) is 5.75 Å². The molecule has 0 fully saturated rings. The molecule has 3 aromatic carbocycles. The number of thioether (sulfide) groups is 1. The van der Waals surface area contributed by atoms with Gasteiger partial charge in [-0.25, -0.2) is 0 Å². The maximum absolute atomic E-state index is 12.5. The van der Waals surface area contributed by atoms with Crippen molar-refractivity contribution < 1.29 is 14.3 Å². The topological polar surface area (TPSA) is 98.1 Å². The lowest BCUT2D eigenvalue weighted by atomic mass is 10.1. The number of ether oxygens (including phenoxy) is 1. The van der Waals surface area contributed by atoms with E-state index in [-0.39, 0.29) is 24.0 Å². The van der Waals surface area contributed by atoms with Gasteiger partial charge in [-0.3, -0.25) is 9.59 Å². The van der Waals surface area contributed by atoms with Gasteiger partial charge < -0.3 is 19.9 Å². The predicted molar refractivity (Wildman–Crippen MR) is 130 cm³/mol. The number of benzene rings is 3. The molecule has 0 aliphatic rings. The Morgan fingerprint density at radius 2 is 1.70 bits per heavy atom. The van der Waals surface area contributed by atoms with Gasteiger partial charge in [-0.15, -0.1) is 10.2 Å². The highest BCUT2D eigenvalue weighted by Crippen LogP contribution is 2.24. The second kappa shape index (κ2) is 10.2. The van der Waals surface area contributed by atoms with E-state index >= 15 is 0 Å². The Morgan fingerprint density at radius 1 is 0.939 bits per heavy atom. The molecule has 2 amide bonds. The van der Waals surface area contributed by atoms with Crippen LogP contribution in [0.25, 0.3) is 10.8 Å². The number of nitrogens with zero attached hydrogens (tertiary/aromatic N) is 3. The second-order valence-electron chi connectivity index (χ2n) is 7.28. The lowest BCUT2D eigenvalue weighted by Crippen LogP contribution is -2.17. The highest BCUT2D eigenvalue weighted by atomic mass is 32.2. The Labute approximate surface area is 195 Å². The summed E-state index contributed by atoms with van der Waals surface area (Å²) in [4.78, 5) is 24.9. The minimum absolute atomic E-state index is 0.0470. The summed E-state index contributed by atoms with van der Waals surface area (Å²) in [7, 11) is 3.32. The fourth-order valence-electron chi connectivity index (χ4n) is 3.30. The van der Waals surface area contributed by atoms with Crippen molar-refractivity contribution in [1.82, 2.24) is 14.8 Å². The van der Waals surface area contributed by atoms with Gasteiger partial charge in [0.05, 0.1) is 25.0 Å². The van der Waals surface area contributed by atoms with Crippen molar-refractivity contribution in [2.45, 2.75) is 11.6 Å². The maximum Gasteiger partial charge on any atom is 0.234 e. The lowest BCUT2D eigenvalue weighted by Gasteiger charge is -2.09. The molecule has 0 bridgehead atoms. The van der Waals surface area contributed by atoms with Gasteiger partial charge >= 0.3 is 0 Å². The van der Waals surface area contributed by atoms with E-state index in [4.69, 9.17) is 4.74 Å². The third kappa shape index (κ3) is 5.50. The number of carbonyl (C=O) groups is 2. The zero-order valence-electron chi connectivity index (χ0n) is 18.2. The molecule has 9 heteroatoms. The van der Waals surface area contributed by atoms with Crippen molar-refractivity contribution in [3.63, 3.8) is 0 Å². The number of methoxy groups -OCH3 is 1. The maximum atomic E-state index is 12.5. The smallest absolute Gasteiger partial charge is 0.234 e. The molecule has 1 heterocycles. The summed E-state index contributed by atoms with van der Waals surface area (Å²) in [5.74, 6) is 0.873. The van der Waals surface area contributed by atoms with Gasteiger partial charge in [0.2, 0.25) is 11.8 Å². The van der Waals surface area contributed by atoms with Crippen LogP contribution >= 0.6 is 11.8 Å². The molecule has 0 radical (unpaired) electrons. The second-order valence-corrected chi connectivity index (χ2v) is 8.22. The quantitative estimate of drug-likeness (QED) is 0.387. The summed E-state index contributed by atoms with van der Waals surface area (Å²) in [6.45, 7) is 0. The van der Waals surface area contributed by atoms with Crippen LogP contribution in [0.3, 0.4) is 0 Å². The standard InChI is InChI=1S/C24H23N5O3S/c1-29-21(14-22(30)26-19-9-5-6-10-20(19)32-2)27-28-24(29)33-15-23(31)25-18-12-11-16-7-3-4-8-17(16)13-18/h3-13H,14-15H2,1-2H3,(H,25,31)(H,26,30). The predicted octanol–water partition coefficient (Wildman–Crippen LogP) is 3.89. The Balaban J connectivity index is 1.32. The summed E-state index contributed by atoms with van der Waals surface area (Å²) in [5.41, 5.74) is 1.33. The first-order chi connectivity index (χ1) is 16.0. The largest absolute Gasteiger partial charge is 0.495 e. The van der Waals surface area contributed by atoms with Gasteiger partial charge in [0.25, 0.3) is 0 Å². The fourth-order valence-corrected chi connectivity index (χ4v) is 4.03. The zero-order valence-corrected chi connectivity index (χ0v) is 19.1. The first kappa shape index (κ1) is 22.3. The molecule has 1 aromatic heterocycles. The van der Waals surface area contributed by atoms with E-state index in [0.717, 1.165) is 16.5 Å². The van der Waals surface area contributed by atoms with Crippen molar-refractivity contribution in [3.8, 4) is 5.75 Å². The molecule has 33 heavy (non-hydrogen) atoms. The van der Waals surface area contributed by atoms with Crippen LogP contribution in [-0.4, -0.2) is 39.4 Å². The van der Waals surface area contributed by atoms with Crippen LogP contribution in [0, 0.1) is 0 Å². The molecule has 0 spiro atoms. The first-order valence-electron chi connectivity index (χ1n) is 10.3. The number of hydrogen-bond acceptors (Lipinski definition) is 6. The number of rotatable bonds is 8. The van der Waals surface area contributed by atoms with Gasteiger partial charge in [-0.05, 0) is 35.0 Å². The molecule has 0 unspecified atom stereocenters. The number of anilines is 2. The molecule has 0 aliphatic heterocycles. The Hall–Kier alpha value is -3.85. The van der Waals surface area contributed by atoms with Crippen LogP contribution < -0.4 is 15.4 Å². The molecule has 8 nitrogen and oxygen atoms in total. The van der Waals surface area contributed by atoms with Gasteiger partial charge in [0.15, 0.2) is 5.16 Å². The number of amides is 2. The molecule has 4 aromatic rings. The van der Waals surface area contributed by atoms with Crippen molar-refractivity contribution in [1.29, 1.82) is 0 Å². The molecule has 0 saturated heterocycles. The van der Waals surface area contributed by atoms with Crippen LogP contribution in [0.4, 0.5) is 11.4 Å². The average Bonchev–Trinajstić information content (AvgIpc) is 3.16. The van der Waals surface area contributed by atoms with Crippen LogP contribution in [-0.2, 0) is 23.1 Å². The lowest BCUT2D eigenvalue weighted by molar-refractivity contribution is -0.116. The SMILES string of the molecule is COc1ccccc1NC(=O)Cc1nnc(SCC(=O)Nc2ccc3ccccc3c2)n1C. The number of nitrogens with one attached hydrogen (secondary N) is 2. The summed E-state index contributed by atoms with van der Waals surface area (Å²) in [5, 5.41) is 16.7. The molecular weight excluding hydrogens is 438 g/mol. The van der Waals surface area contributed by atoms with Gasteiger partial charge in [-0.1, -0.05) is 54.2 Å². The third-order valence-corrected chi connectivity index (χ3v) is 6.01. The van der Waals surface area contributed by atoms with E-state index in [1.165, 1.54) is 11.8 Å². The minimum Gasteiger partial charge on any atom is -0.495 e. The number of fused-ring (bicyclic) bond motifs is 1. The first-order valence-corrected chi connectivity index (χ1v) is 11.2. The molecule has 0 atom stereocenters. The van der Waals surface area contributed by atoms with Gasteiger partial charge in [0, 0.05) is 12.7 Å². The molecule has 2 N–H and O–H groups in total. The van der Waals surface area contributed by atoms with Crippen molar-refractivity contribution >= 4 is 45.7 Å². The monoisotopic (exact) mass is 461 g/mol. The normalized spacial score (nSPS) is 10.7. The molecule has 0 saturated carbocycles. The molecule has 168 valence electrons. The summed E-state index contributed by atoms with van der Waals surface area (Å²) < 4.78 is 6.97. The van der Waals surface area contributed by atoms with E-state index in [2.05, 4.69) is 20.8 Å². The zero-order chi connectivity index (χ0) is 23.2. The van der Waals surface area contributed by atoms with E-state index in [9.17, 15) is 9.59 Å². The van der Waals surface area contributed by atoms with Crippen LogP contribution in [0.1, 0.15) is 5.82 Å². The molecule has 4 rings (SSSR count). The molecular formula is C24H23N5O3S. The highest BCUT2D eigenvalue weighted by Gasteiger charge is 2.15. The van der Waals surface area contributed by atoms with E-state index in [1.807, 2.05) is 54.6 Å². The number of aromatic nitrogens is 3. The molecule has 0 aliphatic carbocycles. The van der Waals surface area contributed by atoms with E-state index < -0.39 is 0 Å². The van der Waals surface area contributed by atoms with Gasteiger partial charge in [0.1, 0.15) is 11.6 Å². The minimum atomic E-state index is -0.236. The van der Waals surface area contributed by atoms with Crippen LogP contribution in [0.15, 0.2) is 71.9 Å². The van der Waals surface area contributed by atoms with Gasteiger partial charge in [-0.2, -0.15) is 0 Å². The third-order valence-electron chi connectivity index (χ3n) is 4.99. The number of para-hydroxylation sites is 2. The van der Waals surface area contributed by atoms with Crippen molar-refractivity contribution in [2.24, 2.45) is 7.05 Å².